The van der Waals surface area contributed by atoms with Gasteiger partial charge in [0.15, 0.2) is 11.5 Å². The number of fused-ring (bicyclic) bond motifs is 1. The van der Waals surface area contributed by atoms with Crippen molar-refractivity contribution < 1.29 is 19.0 Å². The van der Waals surface area contributed by atoms with E-state index in [2.05, 4.69) is 30.2 Å². The molecule has 1 saturated heterocycles. The van der Waals surface area contributed by atoms with E-state index in [1.54, 1.807) is 14.2 Å². The number of nitrogens with zero attached hydrogens (tertiary/aromatic N) is 1. The molecule has 1 unspecified atom stereocenters. The maximum Gasteiger partial charge on any atom is 0.313 e. The van der Waals surface area contributed by atoms with Gasteiger partial charge in [0.2, 0.25) is 0 Å². The first-order valence-electron chi connectivity index (χ1n) is 9.41. The van der Waals surface area contributed by atoms with Crippen molar-refractivity contribution >= 4 is 5.97 Å². The largest absolute Gasteiger partial charge is 0.493 e. The molecule has 2 aliphatic carbocycles. The van der Waals surface area contributed by atoms with Gasteiger partial charge in [-0.1, -0.05) is 6.07 Å². The summed E-state index contributed by atoms with van der Waals surface area (Å²) >= 11 is 0. The van der Waals surface area contributed by atoms with Gasteiger partial charge in [-0.25, -0.2) is 0 Å². The summed E-state index contributed by atoms with van der Waals surface area (Å²) in [4.78, 5) is 14.4. The van der Waals surface area contributed by atoms with Crippen molar-refractivity contribution in [3.8, 4) is 11.5 Å². The number of hydrogen-bond acceptors (Lipinski definition) is 5. The van der Waals surface area contributed by atoms with Crippen molar-refractivity contribution in [3.05, 3.63) is 35.6 Å². The highest BCUT2D eigenvalue weighted by molar-refractivity contribution is 5.76. The number of allylic oxidation sites excluding steroid dienone is 1. The molecule has 26 heavy (non-hydrogen) atoms. The minimum absolute atomic E-state index is 0.0315. The molecular weight excluding hydrogens is 330 g/mol. The number of benzene rings is 1. The molecule has 2 atom stereocenters. The Hall–Kier alpha value is -2.01. The smallest absolute Gasteiger partial charge is 0.313 e. The van der Waals surface area contributed by atoms with Crippen LogP contribution in [-0.4, -0.2) is 44.7 Å². The molecule has 0 aromatic heterocycles. The molecule has 0 N–H and O–H groups in total. The third-order valence-electron chi connectivity index (χ3n) is 6.27. The van der Waals surface area contributed by atoms with Crippen LogP contribution in [0.5, 0.6) is 11.5 Å². The Labute approximate surface area is 154 Å². The van der Waals surface area contributed by atoms with Crippen molar-refractivity contribution in [2.75, 3.05) is 27.8 Å². The molecule has 1 aromatic carbocycles. The zero-order chi connectivity index (χ0) is 18.3. The third-order valence-corrected chi connectivity index (χ3v) is 6.27. The summed E-state index contributed by atoms with van der Waals surface area (Å²) in [6, 6.07) is 6.58. The first kappa shape index (κ1) is 17.4. The lowest BCUT2D eigenvalue weighted by atomic mass is 9.68. The van der Waals surface area contributed by atoms with Gasteiger partial charge < -0.3 is 19.1 Å². The number of rotatable bonds is 5. The second-order valence-electron chi connectivity index (χ2n) is 7.75. The molecule has 1 heterocycles. The molecular formula is C21H27NO4. The van der Waals surface area contributed by atoms with E-state index in [9.17, 15) is 4.79 Å². The second-order valence-corrected chi connectivity index (χ2v) is 7.75. The number of methoxy groups -OCH3 is 2. The maximum atomic E-state index is 12.0. The van der Waals surface area contributed by atoms with Crippen LogP contribution in [0, 0.1) is 5.92 Å². The van der Waals surface area contributed by atoms with Crippen molar-refractivity contribution in [1.29, 1.82) is 0 Å². The van der Waals surface area contributed by atoms with Gasteiger partial charge in [0.1, 0.15) is 5.76 Å². The Kier molecular flexibility index (Phi) is 4.43. The summed E-state index contributed by atoms with van der Waals surface area (Å²) in [7, 11) is 5.50. The molecule has 3 aliphatic rings. The van der Waals surface area contributed by atoms with Gasteiger partial charge in [-0.3, -0.25) is 4.79 Å². The van der Waals surface area contributed by atoms with E-state index in [4.69, 9.17) is 14.2 Å². The molecule has 5 heteroatoms. The molecule has 5 nitrogen and oxygen atoms in total. The average Bonchev–Trinajstić information content (AvgIpc) is 3.46. The Morgan fingerprint density at radius 3 is 2.65 bits per heavy atom. The summed E-state index contributed by atoms with van der Waals surface area (Å²) in [6.07, 6.45) is 6.83. The number of hydrogen-bond donors (Lipinski definition) is 0. The van der Waals surface area contributed by atoms with Crippen LogP contribution in [-0.2, 0) is 14.9 Å². The first-order chi connectivity index (χ1) is 12.6. The van der Waals surface area contributed by atoms with Crippen LogP contribution < -0.4 is 9.47 Å². The number of carbonyl (C=O) groups excluding carboxylic acids is 1. The van der Waals surface area contributed by atoms with E-state index in [0.717, 1.165) is 55.9 Å². The number of likely N-dealkylation sites (N-methyl/N-ethyl adjacent to an activating group) is 1. The molecule has 140 valence electrons. The second kappa shape index (κ2) is 6.62. The van der Waals surface area contributed by atoms with Crippen LogP contribution in [0.15, 0.2) is 30.0 Å². The van der Waals surface area contributed by atoms with Crippen LogP contribution in [0.2, 0.25) is 0 Å². The Balaban J connectivity index is 1.63. The standard InChI is InChI=1S/C21H27NO4/c1-22-11-10-21(15-6-7-17(24-2)18(12-15)25-3)9-8-16(13-19(21)22)26-20(23)14-4-5-14/h6-8,12,14,19H,4-5,9-11,13H2,1-3H3/t19?,21-/m0/s1. The van der Waals surface area contributed by atoms with E-state index in [0.29, 0.717) is 6.04 Å². The number of esters is 1. The summed E-state index contributed by atoms with van der Waals surface area (Å²) in [5.41, 5.74) is 1.30. The predicted molar refractivity (Wildman–Crippen MR) is 98.4 cm³/mol. The molecule has 0 bridgehead atoms. The van der Waals surface area contributed by atoms with Crippen LogP contribution in [0.1, 0.15) is 37.7 Å². The Bertz CT molecular complexity index is 740. The van der Waals surface area contributed by atoms with E-state index in [-0.39, 0.29) is 17.3 Å². The molecule has 1 aromatic rings. The van der Waals surface area contributed by atoms with Gasteiger partial charge in [-0.2, -0.15) is 0 Å². The topological polar surface area (TPSA) is 48.0 Å². The Morgan fingerprint density at radius 2 is 1.96 bits per heavy atom. The molecule has 2 fully saturated rings. The normalized spacial score (nSPS) is 28.3. The minimum Gasteiger partial charge on any atom is -0.493 e. The zero-order valence-corrected chi connectivity index (χ0v) is 15.8. The molecule has 1 aliphatic heterocycles. The van der Waals surface area contributed by atoms with Gasteiger partial charge >= 0.3 is 5.97 Å². The lowest BCUT2D eigenvalue weighted by Gasteiger charge is -2.40. The molecule has 0 radical (unpaired) electrons. The highest BCUT2D eigenvalue weighted by Gasteiger charge is 2.49. The lowest BCUT2D eigenvalue weighted by molar-refractivity contribution is -0.141. The quantitative estimate of drug-likeness (QED) is 0.757. The van der Waals surface area contributed by atoms with Crippen LogP contribution in [0.4, 0.5) is 0 Å². The van der Waals surface area contributed by atoms with Crippen molar-refractivity contribution in [1.82, 2.24) is 4.90 Å². The van der Waals surface area contributed by atoms with Crippen molar-refractivity contribution in [2.45, 2.75) is 43.6 Å². The Morgan fingerprint density at radius 1 is 1.19 bits per heavy atom. The summed E-state index contributed by atoms with van der Waals surface area (Å²) < 4.78 is 16.6. The molecule has 0 amide bonds. The van der Waals surface area contributed by atoms with Crippen molar-refractivity contribution in [3.63, 3.8) is 0 Å². The van der Waals surface area contributed by atoms with Gasteiger partial charge in [0, 0.05) is 17.9 Å². The summed E-state index contributed by atoms with van der Waals surface area (Å²) in [5.74, 6) is 2.45. The van der Waals surface area contributed by atoms with Gasteiger partial charge in [0.25, 0.3) is 0 Å². The average molecular weight is 357 g/mol. The van der Waals surface area contributed by atoms with Gasteiger partial charge in [0.05, 0.1) is 20.1 Å². The fourth-order valence-corrected chi connectivity index (χ4v) is 4.49. The number of ether oxygens (including phenoxy) is 3. The summed E-state index contributed by atoms with van der Waals surface area (Å²) in [6.45, 7) is 1.04. The summed E-state index contributed by atoms with van der Waals surface area (Å²) in [5, 5.41) is 0. The number of carbonyl (C=O) groups is 1. The molecule has 1 saturated carbocycles. The first-order valence-corrected chi connectivity index (χ1v) is 9.41. The fraction of sp³-hybridized carbons (Fsp3) is 0.571. The molecule has 4 rings (SSSR count). The lowest BCUT2D eigenvalue weighted by Crippen LogP contribution is -2.43. The maximum absolute atomic E-state index is 12.0. The molecule has 0 spiro atoms. The monoisotopic (exact) mass is 357 g/mol. The van der Waals surface area contributed by atoms with Gasteiger partial charge in [-0.05, 0) is 63.0 Å². The van der Waals surface area contributed by atoms with Crippen LogP contribution in [0.3, 0.4) is 0 Å². The van der Waals surface area contributed by atoms with Crippen molar-refractivity contribution in [2.24, 2.45) is 5.92 Å². The van der Waals surface area contributed by atoms with Gasteiger partial charge in [-0.15, -0.1) is 0 Å². The van der Waals surface area contributed by atoms with Crippen LogP contribution >= 0.6 is 0 Å². The zero-order valence-electron chi connectivity index (χ0n) is 15.8. The SMILES string of the molecule is COc1ccc([C@@]23CC=C(OC(=O)C4CC4)CC2N(C)CC3)cc1OC. The van der Waals surface area contributed by atoms with E-state index in [1.807, 2.05) is 6.07 Å². The van der Waals surface area contributed by atoms with E-state index >= 15 is 0 Å². The van der Waals surface area contributed by atoms with E-state index in [1.165, 1.54) is 5.56 Å². The highest BCUT2D eigenvalue weighted by atomic mass is 16.5. The highest BCUT2D eigenvalue weighted by Crippen LogP contribution is 2.49. The number of likely N-dealkylation sites (tertiary alicyclic amines) is 1. The van der Waals surface area contributed by atoms with E-state index < -0.39 is 0 Å². The van der Waals surface area contributed by atoms with Crippen LogP contribution in [0.25, 0.3) is 0 Å². The predicted octanol–water partition coefficient (Wildman–Crippen LogP) is 3.28. The fourth-order valence-electron chi connectivity index (χ4n) is 4.49. The minimum atomic E-state index is -0.0458. The third kappa shape index (κ3) is 2.88.